The number of benzene rings is 2. The minimum Gasteiger partial charge on any atom is -0.497 e. The Morgan fingerprint density at radius 3 is 2.48 bits per heavy atom. The second kappa shape index (κ2) is 7.77. The Morgan fingerprint density at radius 1 is 1.07 bits per heavy atom. The number of methoxy groups -OCH3 is 2. The Kier molecular flexibility index (Phi) is 5.25. The van der Waals surface area contributed by atoms with E-state index in [2.05, 4.69) is 20.8 Å². The van der Waals surface area contributed by atoms with Crippen LogP contribution in [0, 0.1) is 12.7 Å². The van der Waals surface area contributed by atoms with E-state index in [0.717, 1.165) is 0 Å². The normalized spacial score (nSPS) is 10.4. The molecule has 0 saturated carbocycles. The molecule has 7 nitrogen and oxygen atoms in total. The third kappa shape index (κ3) is 4.00. The second-order valence-electron chi connectivity index (χ2n) is 5.72. The summed E-state index contributed by atoms with van der Waals surface area (Å²) in [6.07, 6.45) is 0. The van der Waals surface area contributed by atoms with Crippen LogP contribution in [0.5, 0.6) is 11.5 Å². The number of aromatic amines is 1. The van der Waals surface area contributed by atoms with Crippen LogP contribution in [0.15, 0.2) is 42.5 Å². The fraction of sp³-hybridized carbons (Fsp3) is 0.158. The van der Waals surface area contributed by atoms with E-state index in [1.807, 2.05) is 0 Å². The Bertz CT molecular complexity index is 954. The van der Waals surface area contributed by atoms with Gasteiger partial charge in [-0.15, -0.1) is 0 Å². The SMILES string of the molecule is COc1ccc(OC)c(-c2n[nH]c(C)c2NC(=O)Nc2ccc(F)cc2)c1. The van der Waals surface area contributed by atoms with Gasteiger partial charge in [0.05, 0.1) is 25.6 Å². The Hall–Kier alpha value is -3.55. The van der Waals surface area contributed by atoms with Crippen LogP contribution in [0.25, 0.3) is 11.3 Å². The van der Waals surface area contributed by atoms with Crippen molar-refractivity contribution in [1.29, 1.82) is 0 Å². The van der Waals surface area contributed by atoms with Gasteiger partial charge in [-0.2, -0.15) is 5.10 Å². The molecular formula is C19H19FN4O3. The number of nitrogens with zero attached hydrogens (tertiary/aromatic N) is 1. The number of hydrogen-bond acceptors (Lipinski definition) is 4. The highest BCUT2D eigenvalue weighted by Crippen LogP contribution is 2.37. The zero-order valence-electron chi connectivity index (χ0n) is 15.1. The van der Waals surface area contributed by atoms with Crippen LogP contribution in [0.2, 0.25) is 0 Å². The highest BCUT2D eigenvalue weighted by Gasteiger charge is 2.19. The first kappa shape index (κ1) is 18.2. The third-order valence-electron chi connectivity index (χ3n) is 3.95. The van der Waals surface area contributed by atoms with Crippen molar-refractivity contribution in [3.8, 4) is 22.8 Å². The molecule has 0 aliphatic heterocycles. The number of urea groups is 1. The number of carbonyl (C=O) groups excluding carboxylic acids is 1. The quantitative estimate of drug-likeness (QED) is 0.628. The molecule has 27 heavy (non-hydrogen) atoms. The van der Waals surface area contributed by atoms with E-state index in [9.17, 15) is 9.18 Å². The van der Waals surface area contributed by atoms with E-state index in [1.165, 1.54) is 24.3 Å². The van der Waals surface area contributed by atoms with E-state index in [4.69, 9.17) is 9.47 Å². The fourth-order valence-corrected chi connectivity index (χ4v) is 2.59. The molecule has 1 aromatic heterocycles. The van der Waals surface area contributed by atoms with Crippen molar-refractivity contribution in [3.63, 3.8) is 0 Å². The molecule has 3 N–H and O–H groups in total. The molecule has 0 atom stereocenters. The number of carbonyl (C=O) groups is 1. The summed E-state index contributed by atoms with van der Waals surface area (Å²) in [4.78, 5) is 12.4. The number of aromatic nitrogens is 2. The number of hydrogen-bond donors (Lipinski definition) is 3. The molecule has 140 valence electrons. The minimum absolute atomic E-state index is 0.376. The standard InChI is InChI=1S/C19H19FN4O3/c1-11-17(22-19(25)21-13-6-4-12(20)5-7-13)18(24-23-11)15-10-14(26-2)8-9-16(15)27-3/h4-10H,1-3H3,(H,23,24)(H2,21,22,25). The summed E-state index contributed by atoms with van der Waals surface area (Å²) in [5, 5.41) is 12.6. The number of amides is 2. The van der Waals surface area contributed by atoms with Crippen LogP contribution in [-0.4, -0.2) is 30.4 Å². The first-order valence-corrected chi connectivity index (χ1v) is 8.12. The van der Waals surface area contributed by atoms with Crippen molar-refractivity contribution in [1.82, 2.24) is 10.2 Å². The van der Waals surface area contributed by atoms with E-state index < -0.39 is 6.03 Å². The van der Waals surface area contributed by atoms with Gasteiger partial charge in [-0.1, -0.05) is 0 Å². The van der Waals surface area contributed by atoms with Crippen LogP contribution < -0.4 is 20.1 Å². The number of ether oxygens (including phenoxy) is 2. The summed E-state index contributed by atoms with van der Waals surface area (Å²) in [7, 11) is 3.12. The van der Waals surface area contributed by atoms with Gasteiger partial charge >= 0.3 is 6.03 Å². The molecule has 8 heteroatoms. The Balaban J connectivity index is 1.89. The topological polar surface area (TPSA) is 88.3 Å². The van der Waals surface area contributed by atoms with E-state index in [0.29, 0.717) is 39.8 Å². The summed E-state index contributed by atoms with van der Waals surface area (Å²) in [6.45, 7) is 1.79. The molecule has 1 heterocycles. The number of anilines is 2. The monoisotopic (exact) mass is 370 g/mol. The Labute approximate surface area is 155 Å². The van der Waals surface area contributed by atoms with Crippen LogP contribution in [0.3, 0.4) is 0 Å². The summed E-state index contributed by atoms with van der Waals surface area (Å²) in [5.74, 6) is 0.844. The van der Waals surface area contributed by atoms with Gasteiger partial charge < -0.3 is 20.1 Å². The van der Waals surface area contributed by atoms with Crippen molar-refractivity contribution in [2.24, 2.45) is 0 Å². The van der Waals surface area contributed by atoms with Gasteiger partial charge in [0.25, 0.3) is 0 Å². The predicted molar refractivity (Wildman–Crippen MR) is 101 cm³/mol. The molecule has 0 spiro atoms. The maximum absolute atomic E-state index is 13.0. The van der Waals surface area contributed by atoms with Gasteiger partial charge in [-0.3, -0.25) is 5.10 Å². The van der Waals surface area contributed by atoms with Crippen molar-refractivity contribution in [2.45, 2.75) is 6.92 Å². The molecular weight excluding hydrogens is 351 g/mol. The first-order valence-electron chi connectivity index (χ1n) is 8.12. The fourth-order valence-electron chi connectivity index (χ4n) is 2.59. The predicted octanol–water partition coefficient (Wildman–Crippen LogP) is 4.19. The maximum Gasteiger partial charge on any atom is 0.323 e. The van der Waals surface area contributed by atoms with E-state index in [1.54, 1.807) is 39.3 Å². The van der Waals surface area contributed by atoms with Crippen LogP contribution >= 0.6 is 0 Å². The van der Waals surface area contributed by atoms with E-state index >= 15 is 0 Å². The molecule has 0 fully saturated rings. The molecule has 0 saturated heterocycles. The molecule has 0 unspecified atom stereocenters. The molecule has 3 rings (SSSR count). The number of H-pyrrole nitrogens is 1. The molecule has 2 amide bonds. The number of aryl methyl sites for hydroxylation is 1. The van der Waals surface area contributed by atoms with Gasteiger partial charge in [0, 0.05) is 11.3 Å². The average Bonchev–Trinajstić information content (AvgIpc) is 3.03. The van der Waals surface area contributed by atoms with Crippen LogP contribution in [-0.2, 0) is 0 Å². The molecule has 0 bridgehead atoms. The van der Waals surface area contributed by atoms with Gasteiger partial charge in [0.15, 0.2) is 0 Å². The molecule has 0 radical (unpaired) electrons. The maximum atomic E-state index is 13.0. The van der Waals surface area contributed by atoms with Crippen molar-refractivity contribution >= 4 is 17.4 Å². The lowest BCUT2D eigenvalue weighted by molar-refractivity contribution is 0.262. The number of rotatable bonds is 5. The summed E-state index contributed by atoms with van der Waals surface area (Å²) < 4.78 is 23.7. The first-order chi connectivity index (χ1) is 13.0. The van der Waals surface area contributed by atoms with E-state index in [-0.39, 0.29) is 5.82 Å². The summed E-state index contributed by atoms with van der Waals surface area (Å²) >= 11 is 0. The zero-order valence-corrected chi connectivity index (χ0v) is 15.1. The van der Waals surface area contributed by atoms with Gasteiger partial charge in [0.1, 0.15) is 23.0 Å². The van der Waals surface area contributed by atoms with Crippen LogP contribution in [0.4, 0.5) is 20.6 Å². The second-order valence-corrected chi connectivity index (χ2v) is 5.72. The highest BCUT2D eigenvalue weighted by atomic mass is 19.1. The van der Waals surface area contributed by atoms with Crippen molar-refractivity contribution in [2.75, 3.05) is 24.9 Å². The van der Waals surface area contributed by atoms with Crippen molar-refractivity contribution in [3.05, 3.63) is 54.0 Å². The summed E-state index contributed by atoms with van der Waals surface area (Å²) in [5.41, 5.74) is 2.82. The zero-order chi connectivity index (χ0) is 19.4. The largest absolute Gasteiger partial charge is 0.497 e. The minimum atomic E-state index is -0.478. The molecule has 3 aromatic rings. The smallest absolute Gasteiger partial charge is 0.323 e. The number of nitrogens with one attached hydrogen (secondary N) is 3. The highest BCUT2D eigenvalue weighted by molar-refractivity contribution is 6.02. The lowest BCUT2D eigenvalue weighted by atomic mass is 10.1. The average molecular weight is 370 g/mol. The van der Waals surface area contributed by atoms with Gasteiger partial charge in [0.2, 0.25) is 0 Å². The molecule has 2 aromatic carbocycles. The Morgan fingerprint density at radius 2 is 1.81 bits per heavy atom. The third-order valence-corrected chi connectivity index (χ3v) is 3.95. The van der Waals surface area contributed by atoms with Crippen LogP contribution in [0.1, 0.15) is 5.69 Å². The van der Waals surface area contributed by atoms with Crippen molar-refractivity contribution < 1.29 is 18.7 Å². The number of halogens is 1. The lowest BCUT2D eigenvalue weighted by Gasteiger charge is -2.12. The van der Waals surface area contributed by atoms with Gasteiger partial charge in [-0.25, -0.2) is 9.18 Å². The lowest BCUT2D eigenvalue weighted by Crippen LogP contribution is -2.20. The molecule has 0 aliphatic carbocycles. The molecule has 0 aliphatic rings. The summed E-state index contributed by atoms with van der Waals surface area (Å²) in [6, 6.07) is 10.3. The van der Waals surface area contributed by atoms with Gasteiger partial charge in [-0.05, 0) is 49.4 Å².